The third kappa shape index (κ3) is 2.97. The SMILES string of the molecule is CC(C(=O)O)c1cnnn1CCC(F)F. The third-order valence-corrected chi connectivity index (χ3v) is 2.02. The normalized spacial score (nSPS) is 13.1. The van der Waals surface area contributed by atoms with E-state index in [9.17, 15) is 13.6 Å². The number of rotatable bonds is 5. The van der Waals surface area contributed by atoms with Crippen LogP contribution < -0.4 is 0 Å². The fourth-order valence-corrected chi connectivity index (χ4v) is 1.12. The van der Waals surface area contributed by atoms with Crippen molar-refractivity contribution < 1.29 is 18.7 Å². The van der Waals surface area contributed by atoms with Crippen LogP contribution in [-0.2, 0) is 11.3 Å². The van der Waals surface area contributed by atoms with Gasteiger partial charge in [0.1, 0.15) is 0 Å². The highest BCUT2D eigenvalue weighted by molar-refractivity contribution is 5.74. The van der Waals surface area contributed by atoms with Crippen LogP contribution in [0.3, 0.4) is 0 Å². The summed E-state index contributed by atoms with van der Waals surface area (Å²) in [6.45, 7) is 1.44. The molecule has 1 aromatic rings. The number of carbonyl (C=O) groups is 1. The van der Waals surface area contributed by atoms with Crippen LogP contribution in [0.15, 0.2) is 6.20 Å². The fourth-order valence-electron chi connectivity index (χ4n) is 1.12. The van der Waals surface area contributed by atoms with Crippen LogP contribution in [0.4, 0.5) is 8.78 Å². The van der Waals surface area contributed by atoms with Crippen LogP contribution >= 0.6 is 0 Å². The maximum absolute atomic E-state index is 11.9. The van der Waals surface area contributed by atoms with Crippen molar-refractivity contribution in [1.82, 2.24) is 15.0 Å². The average molecular weight is 219 g/mol. The molecule has 1 aromatic heterocycles. The number of hydrogen-bond donors (Lipinski definition) is 1. The predicted molar refractivity (Wildman–Crippen MR) is 46.7 cm³/mol. The zero-order valence-electron chi connectivity index (χ0n) is 8.10. The Morgan fingerprint density at radius 1 is 1.67 bits per heavy atom. The Balaban J connectivity index is 2.73. The summed E-state index contributed by atoms with van der Waals surface area (Å²) in [7, 11) is 0. The quantitative estimate of drug-likeness (QED) is 0.805. The van der Waals surface area contributed by atoms with Crippen molar-refractivity contribution in [3.05, 3.63) is 11.9 Å². The van der Waals surface area contributed by atoms with Gasteiger partial charge in [0, 0.05) is 13.0 Å². The summed E-state index contributed by atoms with van der Waals surface area (Å²) >= 11 is 0. The van der Waals surface area contributed by atoms with E-state index in [-0.39, 0.29) is 13.0 Å². The van der Waals surface area contributed by atoms with Crippen molar-refractivity contribution in [2.75, 3.05) is 0 Å². The van der Waals surface area contributed by atoms with Gasteiger partial charge < -0.3 is 5.11 Å². The Morgan fingerprint density at radius 2 is 2.33 bits per heavy atom. The highest BCUT2D eigenvalue weighted by Gasteiger charge is 2.19. The predicted octanol–water partition coefficient (Wildman–Crippen LogP) is 1.12. The van der Waals surface area contributed by atoms with Gasteiger partial charge in [-0.15, -0.1) is 5.10 Å². The number of nitrogens with zero attached hydrogens (tertiary/aromatic N) is 3. The molecule has 7 heteroatoms. The summed E-state index contributed by atoms with van der Waals surface area (Å²) in [5, 5.41) is 15.8. The molecule has 0 aliphatic heterocycles. The highest BCUT2D eigenvalue weighted by atomic mass is 19.3. The molecule has 84 valence electrons. The minimum absolute atomic E-state index is 0.0232. The Bertz CT molecular complexity index is 340. The van der Waals surface area contributed by atoms with Crippen molar-refractivity contribution in [2.24, 2.45) is 0 Å². The molecule has 0 bridgehead atoms. The molecule has 0 aliphatic carbocycles. The van der Waals surface area contributed by atoms with E-state index >= 15 is 0 Å². The smallest absolute Gasteiger partial charge is 0.312 e. The monoisotopic (exact) mass is 219 g/mol. The van der Waals surface area contributed by atoms with E-state index in [0.29, 0.717) is 5.69 Å². The van der Waals surface area contributed by atoms with Gasteiger partial charge in [0.15, 0.2) is 0 Å². The van der Waals surface area contributed by atoms with Crippen molar-refractivity contribution in [1.29, 1.82) is 0 Å². The van der Waals surface area contributed by atoms with Crippen molar-refractivity contribution in [2.45, 2.75) is 32.2 Å². The summed E-state index contributed by atoms with van der Waals surface area (Å²) in [6, 6.07) is 0. The summed E-state index contributed by atoms with van der Waals surface area (Å²) in [5.41, 5.74) is 0.336. The number of carboxylic acids is 1. The molecule has 1 atom stereocenters. The Hall–Kier alpha value is -1.53. The van der Waals surface area contributed by atoms with Gasteiger partial charge in [0.25, 0.3) is 0 Å². The fraction of sp³-hybridized carbons (Fsp3) is 0.625. The number of halogens is 2. The lowest BCUT2D eigenvalue weighted by atomic mass is 10.1. The molecule has 0 radical (unpaired) electrons. The van der Waals surface area contributed by atoms with Gasteiger partial charge in [-0.1, -0.05) is 5.21 Å². The molecular weight excluding hydrogens is 208 g/mol. The minimum Gasteiger partial charge on any atom is -0.481 e. The van der Waals surface area contributed by atoms with Gasteiger partial charge in [-0.3, -0.25) is 4.79 Å². The van der Waals surface area contributed by atoms with Crippen LogP contribution in [0.25, 0.3) is 0 Å². The highest BCUT2D eigenvalue weighted by Crippen LogP contribution is 2.14. The first-order valence-electron chi connectivity index (χ1n) is 4.41. The van der Waals surface area contributed by atoms with E-state index in [1.54, 1.807) is 0 Å². The second-order valence-electron chi connectivity index (χ2n) is 3.12. The lowest BCUT2D eigenvalue weighted by molar-refractivity contribution is -0.138. The van der Waals surface area contributed by atoms with Gasteiger partial charge in [0.05, 0.1) is 17.8 Å². The molecule has 0 spiro atoms. The molecule has 0 saturated carbocycles. The second-order valence-corrected chi connectivity index (χ2v) is 3.12. The average Bonchev–Trinajstić information content (AvgIpc) is 2.60. The Kier molecular flexibility index (Phi) is 3.70. The molecule has 5 nitrogen and oxygen atoms in total. The summed E-state index contributed by atoms with van der Waals surface area (Å²) < 4.78 is 25.1. The first-order chi connectivity index (χ1) is 7.02. The third-order valence-electron chi connectivity index (χ3n) is 2.02. The topological polar surface area (TPSA) is 68.0 Å². The van der Waals surface area contributed by atoms with Gasteiger partial charge in [0.2, 0.25) is 6.43 Å². The molecule has 0 aromatic carbocycles. The van der Waals surface area contributed by atoms with E-state index in [2.05, 4.69) is 10.3 Å². The van der Waals surface area contributed by atoms with E-state index in [1.165, 1.54) is 17.8 Å². The lowest BCUT2D eigenvalue weighted by Crippen LogP contribution is -2.15. The van der Waals surface area contributed by atoms with Crippen LogP contribution in [-0.4, -0.2) is 32.5 Å². The number of alkyl halides is 2. The number of carboxylic acid groups (broad SMARTS) is 1. The molecular formula is C8H11F2N3O2. The van der Waals surface area contributed by atoms with Gasteiger partial charge in [-0.2, -0.15) is 0 Å². The first-order valence-corrected chi connectivity index (χ1v) is 4.41. The Labute approximate surface area is 84.7 Å². The number of aliphatic carboxylic acids is 1. The minimum atomic E-state index is -2.43. The van der Waals surface area contributed by atoms with E-state index in [1.807, 2.05) is 0 Å². The molecule has 0 aliphatic rings. The number of hydrogen-bond acceptors (Lipinski definition) is 3. The molecule has 1 N–H and O–H groups in total. The molecule has 1 heterocycles. The number of aryl methyl sites for hydroxylation is 1. The molecule has 0 saturated heterocycles. The molecule has 1 rings (SSSR count). The molecule has 1 unspecified atom stereocenters. The van der Waals surface area contributed by atoms with Gasteiger partial charge in [-0.05, 0) is 6.92 Å². The van der Waals surface area contributed by atoms with Crippen molar-refractivity contribution >= 4 is 5.97 Å². The maximum Gasteiger partial charge on any atom is 0.312 e. The first kappa shape index (κ1) is 11.5. The zero-order valence-corrected chi connectivity index (χ0v) is 8.10. The molecule has 0 fully saturated rings. The zero-order chi connectivity index (χ0) is 11.4. The van der Waals surface area contributed by atoms with Crippen molar-refractivity contribution in [3.63, 3.8) is 0 Å². The van der Waals surface area contributed by atoms with E-state index in [0.717, 1.165) is 0 Å². The summed E-state index contributed by atoms with van der Waals surface area (Å²) in [6.07, 6.45) is -1.50. The van der Waals surface area contributed by atoms with Gasteiger partial charge >= 0.3 is 5.97 Å². The molecule has 0 amide bonds. The van der Waals surface area contributed by atoms with Crippen LogP contribution in [0.1, 0.15) is 25.0 Å². The molecule has 15 heavy (non-hydrogen) atoms. The second kappa shape index (κ2) is 4.81. The number of aromatic nitrogens is 3. The van der Waals surface area contributed by atoms with Crippen LogP contribution in [0.2, 0.25) is 0 Å². The summed E-state index contributed by atoms with van der Waals surface area (Å²) in [5.74, 6) is -1.83. The summed E-state index contributed by atoms with van der Waals surface area (Å²) in [4.78, 5) is 10.7. The standard InChI is InChI=1S/C8H11F2N3O2/c1-5(8(14)15)6-4-11-12-13(6)3-2-7(9)10/h4-5,7H,2-3H2,1H3,(H,14,15). The maximum atomic E-state index is 11.9. The van der Waals surface area contributed by atoms with E-state index in [4.69, 9.17) is 5.11 Å². The van der Waals surface area contributed by atoms with Gasteiger partial charge in [-0.25, -0.2) is 13.5 Å². The van der Waals surface area contributed by atoms with Crippen LogP contribution in [0.5, 0.6) is 0 Å². The Morgan fingerprint density at radius 3 is 2.87 bits per heavy atom. The lowest BCUT2D eigenvalue weighted by Gasteiger charge is -2.08. The largest absolute Gasteiger partial charge is 0.481 e. The van der Waals surface area contributed by atoms with Crippen molar-refractivity contribution in [3.8, 4) is 0 Å². The van der Waals surface area contributed by atoms with Crippen LogP contribution in [0, 0.1) is 0 Å². The van der Waals surface area contributed by atoms with E-state index < -0.39 is 18.3 Å².